The lowest BCUT2D eigenvalue weighted by molar-refractivity contribution is 0.339. The van der Waals surface area contributed by atoms with Gasteiger partial charge in [0.05, 0.1) is 12.3 Å². The van der Waals surface area contributed by atoms with E-state index in [1.54, 1.807) is 0 Å². The van der Waals surface area contributed by atoms with Crippen molar-refractivity contribution < 1.29 is 4.74 Å². The second kappa shape index (κ2) is 3.81. The summed E-state index contributed by atoms with van der Waals surface area (Å²) in [5, 5.41) is 0. The lowest BCUT2D eigenvalue weighted by Crippen LogP contribution is -1.93. The van der Waals surface area contributed by atoms with Crippen LogP contribution in [-0.2, 0) is 0 Å². The molecule has 1 heterocycles. The molecule has 2 N–H and O–H groups in total. The number of ether oxygens (including phenoxy) is 1. The summed E-state index contributed by atoms with van der Waals surface area (Å²) >= 11 is 0. The van der Waals surface area contributed by atoms with E-state index in [4.69, 9.17) is 10.5 Å². The number of hydrogen-bond acceptors (Lipinski definition) is 2. The highest BCUT2D eigenvalue weighted by Crippen LogP contribution is 2.41. The van der Waals surface area contributed by atoms with Crippen molar-refractivity contribution in [3.05, 3.63) is 48.0 Å². The highest BCUT2D eigenvalue weighted by molar-refractivity contribution is 5.74. The predicted molar refractivity (Wildman–Crippen MR) is 70.2 cm³/mol. The van der Waals surface area contributed by atoms with Crippen molar-refractivity contribution in [2.75, 3.05) is 12.3 Å². The highest BCUT2D eigenvalue weighted by Gasteiger charge is 2.23. The molecule has 0 radical (unpaired) electrons. The average molecular weight is 225 g/mol. The molecule has 0 saturated heterocycles. The Labute approximate surface area is 101 Å². The smallest absolute Gasteiger partial charge is 0.145 e. The summed E-state index contributed by atoms with van der Waals surface area (Å²) in [6, 6.07) is 14.5. The maximum absolute atomic E-state index is 6.05. The van der Waals surface area contributed by atoms with Crippen LogP contribution in [0.4, 0.5) is 5.69 Å². The summed E-state index contributed by atoms with van der Waals surface area (Å²) in [6.45, 7) is 2.90. The van der Waals surface area contributed by atoms with Gasteiger partial charge >= 0.3 is 0 Å². The maximum atomic E-state index is 6.05. The van der Waals surface area contributed by atoms with Crippen molar-refractivity contribution in [3.63, 3.8) is 0 Å². The summed E-state index contributed by atoms with van der Waals surface area (Å²) in [5.41, 5.74) is 10.4. The molecule has 0 bridgehead atoms. The van der Waals surface area contributed by atoms with Gasteiger partial charge in [-0.1, -0.05) is 37.3 Å². The van der Waals surface area contributed by atoms with Gasteiger partial charge in [0.15, 0.2) is 0 Å². The van der Waals surface area contributed by atoms with Crippen LogP contribution in [0.3, 0.4) is 0 Å². The minimum atomic E-state index is 0.427. The topological polar surface area (TPSA) is 35.2 Å². The zero-order valence-electron chi connectivity index (χ0n) is 9.81. The van der Waals surface area contributed by atoms with E-state index in [9.17, 15) is 0 Å². The van der Waals surface area contributed by atoms with Crippen LogP contribution >= 0.6 is 0 Å². The van der Waals surface area contributed by atoms with Gasteiger partial charge in [0.25, 0.3) is 0 Å². The van der Waals surface area contributed by atoms with Gasteiger partial charge in [-0.3, -0.25) is 0 Å². The van der Waals surface area contributed by atoms with Crippen LogP contribution in [0.15, 0.2) is 42.5 Å². The fourth-order valence-corrected chi connectivity index (χ4v) is 2.30. The summed E-state index contributed by atoms with van der Waals surface area (Å²) in [5.74, 6) is 1.30. The third kappa shape index (κ3) is 1.66. The molecule has 2 heteroatoms. The average Bonchev–Trinajstić information content (AvgIpc) is 2.73. The monoisotopic (exact) mass is 225 g/mol. The Morgan fingerprint density at radius 3 is 2.65 bits per heavy atom. The molecule has 1 unspecified atom stereocenters. The molecule has 86 valence electrons. The third-order valence-corrected chi connectivity index (χ3v) is 3.26. The highest BCUT2D eigenvalue weighted by atomic mass is 16.5. The summed E-state index contributed by atoms with van der Waals surface area (Å²) in [4.78, 5) is 0. The van der Waals surface area contributed by atoms with Crippen LogP contribution in [0.2, 0.25) is 0 Å². The van der Waals surface area contributed by atoms with E-state index in [1.807, 2.05) is 24.3 Å². The lowest BCUT2D eigenvalue weighted by atomic mass is 9.96. The van der Waals surface area contributed by atoms with E-state index >= 15 is 0 Å². The van der Waals surface area contributed by atoms with Crippen molar-refractivity contribution in [1.29, 1.82) is 0 Å². The van der Waals surface area contributed by atoms with Crippen LogP contribution in [0.1, 0.15) is 18.4 Å². The van der Waals surface area contributed by atoms with Gasteiger partial charge in [-0.05, 0) is 23.3 Å². The van der Waals surface area contributed by atoms with E-state index in [1.165, 1.54) is 16.7 Å². The number of anilines is 1. The fourth-order valence-electron chi connectivity index (χ4n) is 2.30. The Bertz CT molecular complexity index is 548. The number of nitrogens with two attached hydrogens (primary N) is 1. The standard InChI is InChI=1S/C15H15NO/c1-10-9-17-15-13(10)7-12(8-14(15)16)11-5-3-2-4-6-11/h2-8,10H,9,16H2,1H3. The third-order valence-electron chi connectivity index (χ3n) is 3.26. The number of hydrogen-bond donors (Lipinski definition) is 1. The molecule has 0 aliphatic carbocycles. The van der Waals surface area contributed by atoms with E-state index in [-0.39, 0.29) is 0 Å². The first-order valence-corrected chi connectivity index (χ1v) is 5.87. The van der Waals surface area contributed by atoms with Crippen molar-refractivity contribution in [2.24, 2.45) is 0 Å². The SMILES string of the molecule is CC1COc2c(N)cc(-c3ccccc3)cc21. The summed E-state index contributed by atoms with van der Waals surface area (Å²) in [7, 11) is 0. The Balaban J connectivity index is 2.15. The molecule has 1 aliphatic rings. The van der Waals surface area contributed by atoms with Crippen molar-refractivity contribution in [2.45, 2.75) is 12.8 Å². The molecule has 0 spiro atoms. The molecule has 1 aliphatic heterocycles. The molecule has 0 aromatic heterocycles. The summed E-state index contributed by atoms with van der Waals surface area (Å²) in [6.07, 6.45) is 0. The van der Waals surface area contributed by atoms with Gasteiger partial charge in [-0.15, -0.1) is 0 Å². The number of nitrogen functional groups attached to an aromatic ring is 1. The van der Waals surface area contributed by atoms with Crippen molar-refractivity contribution >= 4 is 5.69 Å². The molecule has 0 saturated carbocycles. The van der Waals surface area contributed by atoms with Crippen LogP contribution in [0, 0.1) is 0 Å². The second-order valence-electron chi connectivity index (χ2n) is 4.56. The van der Waals surface area contributed by atoms with Gasteiger partial charge in [-0.25, -0.2) is 0 Å². The molecule has 2 nitrogen and oxygen atoms in total. The largest absolute Gasteiger partial charge is 0.490 e. The molecule has 0 amide bonds. The number of rotatable bonds is 1. The van der Waals surface area contributed by atoms with Gasteiger partial charge in [-0.2, -0.15) is 0 Å². The fraction of sp³-hybridized carbons (Fsp3) is 0.200. The first-order valence-electron chi connectivity index (χ1n) is 5.87. The molecule has 0 fully saturated rings. The van der Waals surface area contributed by atoms with Crippen LogP contribution in [-0.4, -0.2) is 6.61 Å². The van der Waals surface area contributed by atoms with Gasteiger partial charge in [0, 0.05) is 11.5 Å². The quantitative estimate of drug-likeness (QED) is 0.755. The zero-order chi connectivity index (χ0) is 11.8. The van der Waals surface area contributed by atoms with Crippen molar-refractivity contribution in [3.8, 4) is 16.9 Å². The molecule has 2 aromatic rings. The van der Waals surface area contributed by atoms with E-state index in [2.05, 4.69) is 25.1 Å². The van der Waals surface area contributed by atoms with Crippen molar-refractivity contribution in [1.82, 2.24) is 0 Å². The molecule has 3 rings (SSSR count). The van der Waals surface area contributed by atoms with Crippen LogP contribution in [0.5, 0.6) is 5.75 Å². The molecule has 2 aromatic carbocycles. The maximum Gasteiger partial charge on any atom is 0.145 e. The number of benzene rings is 2. The minimum absolute atomic E-state index is 0.427. The second-order valence-corrected chi connectivity index (χ2v) is 4.56. The van der Waals surface area contributed by atoms with E-state index in [0.29, 0.717) is 5.92 Å². The molecular formula is C15H15NO. The molecule has 17 heavy (non-hydrogen) atoms. The Kier molecular flexibility index (Phi) is 2.29. The van der Waals surface area contributed by atoms with E-state index < -0.39 is 0 Å². The first kappa shape index (κ1) is 10.2. The van der Waals surface area contributed by atoms with E-state index in [0.717, 1.165) is 18.0 Å². The van der Waals surface area contributed by atoms with Gasteiger partial charge in [0.1, 0.15) is 5.75 Å². The van der Waals surface area contributed by atoms with Crippen LogP contribution in [0.25, 0.3) is 11.1 Å². The van der Waals surface area contributed by atoms with Gasteiger partial charge in [0.2, 0.25) is 0 Å². The van der Waals surface area contributed by atoms with Gasteiger partial charge < -0.3 is 10.5 Å². The normalized spacial score (nSPS) is 17.6. The molecular weight excluding hydrogens is 210 g/mol. The van der Waals surface area contributed by atoms with Crippen LogP contribution < -0.4 is 10.5 Å². The minimum Gasteiger partial charge on any atom is -0.490 e. The predicted octanol–water partition coefficient (Wildman–Crippen LogP) is 3.43. The lowest BCUT2D eigenvalue weighted by Gasteiger charge is -2.08. The zero-order valence-corrected chi connectivity index (χ0v) is 9.81. The Hall–Kier alpha value is -1.96. The first-order chi connectivity index (χ1) is 8.25. The molecule has 1 atom stereocenters. The summed E-state index contributed by atoms with van der Waals surface area (Å²) < 4.78 is 5.61. The number of fused-ring (bicyclic) bond motifs is 1. The Morgan fingerprint density at radius 1 is 1.12 bits per heavy atom. The Morgan fingerprint density at radius 2 is 1.88 bits per heavy atom.